The predicted molar refractivity (Wildman–Crippen MR) is 61.1 cm³/mol. The molecule has 0 bridgehead atoms. The number of nitrogens with two attached hydrogens (primary N) is 1. The molecular weight excluding hydrogens is 170 g/mol. The Bertz CT molecular complexity index is 174. The molecule has 0 radical (unpaired) electrons. The molecule has 3 unspecified atom stereocenters. The average Bonchev–Trinajstić information content (AvgIpc) is 2.90. The third kappa shape index (κ3) is 2.73. The molecule has 2 rings (SSSR count). The normalized spacial score (nSPS) is 34.7. The van der Waals surface area contributed by atoms with Gasteiger partial charge < -0.3 is 5.73 Å². The molecule has 0 aliphatic heterocycles. The number of rotatable bonds is 5. The second kappa shape index (κ2) is 4.65. The standard InChI is InChI=1S/C13H25N/c1-2-10-5-7-12(9-10)13(14)8-6-11-3-4-11/h10-13H,2-9,14H2,1H3. The summed E-state index contributed by atoms with van der Waals surface area (Å²) in [5, 5.41) is 0. The molecule has 14 heavy (non-hydrogen) atoms. The van der Waals surface area contributed by atoms with Crippen molar-refractivity contribution >= 4 is 0 Å². The van der Waals surface area contributed by atoms with Crippen LogP contribution in [0.4, 0.5) is 0 Å². The van der Waals surface area contributed by atoms with Crippen molar-refractivity contribution < 1.29 is 0 Å². The topological polar surface area (TPSA) is 26.0 Å². The van der Waals surface area contributed by atoms with Crippen molar-refractivity contribution in [2.75, 3.05) is 0 Å². The van der Waals surface area contributed by atoms with Gasteiger partial charge >= 0.3 is 0 Å². The quantitative estimate of drug-likeness (QED) is 0.715. The van der Waals surface area contributed by atoms with E-state index in [-0.39, 0.29) is 0 Å². The first-order valence-electron chi connectivity index (χ1n) is 6.55. The van der Waals surface area contributed by atoms with Gasteiger partial charge in [-0.2, -0.15) is 0 Å². The maximum absolute atomic E-state index is 6.27. The largest absolute Gasteiger partial charge is 0.327 e. The van der Waals surface area contributed by atoms with Gasteiger partial charge in [0.05, 0.1) is 0 Å². The lowest BCUT2D eigenvalue weighted by Gasteiger charge is -2.19. The van der Waals surface area contributed by atoms with Gasteiger partial charge in [0.25, 0.3) is 0 Å². The van der Waals surface area contributed by atoms with E-state index in [0.717, 1.165) is 17.8 Å². The highest BCUT2D eigenvalue weighted by atomic mass is 14.7. The third-order valence-electron chi connectivity index (χ3n) is 4.37. The lowest BCUT2D eigenvalue weighted by atomic mass is 9.92. The van der Waals surface area contributed by atoms with Crippen LogP contribution < -0.4 is 5.73 Å². The van der Waals surface area contributed by atoms with Crippen molar-refractivity contribution in [3.05, 3.63) is 0 Å². The van der Waals surface area contributed by atoms with Crippen LogP contribution in [-0.2, 0) is 0 Å². The minimum Gasteiger partial charge on any atom is -0.327 e. The smallest absolute Gasteiger partial charge is 0.00673 e. The van der Waals surface area contributed by atoms with Crippen LogP contribution in [0.1, 0.15) is 58.3 Å². The van der Waals surface area contributed by atoms with Gasteiger partial charge in [0.15, 0.2) is 0 Å². The average molecular weight is 195 g/mol. The van der Waals surface area contributed by atoms with E-state index in [2.05, 4.69) is 6.92 Å². The zero-order valence-electron chi connectivity index (χ0n) is 9.54. The monoisotopic (exact) mass is 195 g/mol. The predicted octanol–water partition coefficient (Wildman–Crippen LogP) is 3.33. The van der Waals surface area contributed by atoms with E-state index >= 15 is 0 Å². The van der Waals surface area contributed by atoms with Gasteiger partial charge in [-0.1, -0.05) is 32.6 Å². The van der Waals surface area contributed by atoms with Crippen molar-refractivity contribution in [2.45, 2.75) is 64.3 Å². The molecule has 2 saturated carbocycles. The van der Waals surface area contributed by atoms with Gasteiger partial charge in [-0.3, -0.25) is 0 Å². The SMILES string of the molecule is CCC1CCC(C(N)CCC2CC2)C1. The summed E-state index contributed by atoms with van der Waals surface area (Å²) in [5.41, 5.74) is 6.27. The van der Waals surface area contributed by atoms with Crippen molar-refractivity contribution in [1.29, 1.82) is 0 Å². The molecular formula is C13H25N. The second-order valence-electron chi connectivity index (χ2n) is 5.53. The summed E-state index contributed by atoms with van der Waals surface area (Å²) in [5.74, 6) is 2.91. The van der Waals surface area contributed by atoms with E-state index in [9.17, 15) is 0 Å². The Kier molecular flexibility index (Phi) is 3.48. The second-order valence-corrected chi connectivity index (χ2v) is 5.53. The van der Waals surface area contributed by atoms with Gasteiger partial charge in [-0.25, -0.2) is 0 Å². The van der Waals surface area contributed by atoms with Gasteiger partial charge in [0.1, 0.15) is 0 Å². The van der Waals surface area contributed by atoms with Gasteiger partial charge in [0.2, 0.25) is 0 Å². The van der Waals surface area contributed by atoms with Crippen LogP contribution in [-0.4, -0.2) is 6.04 Å². The van der Waals surface area contributed by atoms with E-state index < -0.39 is 0 Å². The summed E-state index contributed by atoms with van der Waals surface area (Å²) in [6.07, 6.45) is 11.3. The van der Waals surface area contributed by atoms with E-state index in [0.29, 0.717) is 6.04 Å². The molecule has 0 amide bonds. The summed E-state index contributed by atoms with van der Waals surface area (Å²) < 4.78 is 0. The maximum atomic E-state index is 6.27. The van der Waals surface area contributed by atoms with Crippen LogP contribution in [0.25, 0.3) is 0 Å². The van der Waals surface area contributed by atoms with Crippen LogP contribution in [0.2, 0.25) is 0 Å². The van der Waals surface area contributed by atoms with E-state index in [1.54, 1.807) is 0 Å². The van der Waals surface area contributed by atoms with E-state index in [1.807, 2.05) is 0 Å². The molecule has 2 fully saturated rings. The van der Waals surface area contributed by atoms with Gasteiger partial charge in [0, 0.05) is 6.04 Å². The Labute approximate surface area is 88.4 Å². The van der Waals surface area contributed by atoms with Crippen LogP contribution in [0.5, 0.6) is 0 Å². The van der Waals surface area contributed by atoms with E-state index in [4.69, 9.17) is 5.73 Å². The molecule has 2 aliphatic carbocycles. The Morgan fingerprint density at radius 2 is 1.86 bits per heavy atom. The summed E-state index contributed by atoms with van der Waals surface area (Å²) in [6.45, 7) is 2.32. The van der Waals surface area contributed by atoms with Crippen molar-refractivity contribution in [3.63, 3.8) is 0 Å². The van der Waals surface area contributed by atoms with Gasteiger partial charge in [-0.05, 0) is 43.4 Å². The minimum atomic E-state index is 0.521. The highest BCUT2D eigenvalue weighted by Gasteiger charge is 2.29. The Balaban J connectivity index is 1.66. The van der Waals surface area contributed by atoms with Crippen molar-refractivity contribution in [1.82, 2.24) is 0 Å². The molecule has 1 nitrogen and oxygen atoms in total. The highest BCUT2D eigenvalue weighted by molar-refractivity contribution is 4.84. The fraction of sp³-hybridized carbons (Fsp3) is 1.00. The lowest BCUT2D eigenvalue weighted by Crippen LogP contribution is -2.28. The Hall–Kier alpha value is -0.0400. The molecule has 0 saturated heterocycles. The van der Waals surface area contributed by atoms with Crippen LogP contribution in [0, 0.1) is 17.8 Å². The van der Waals surface area contributed by atoms with Crippen molar-refractivity contribution in [2.24, 2.45) is 23.5 Å². The third-order valence-corrected chi connectivity index (χ3v) is 4.37. The Morgan fingerprint density at radius 1 is 1.14 bits per heavy atom. The molecule has 0 heterocycles. The molecule has 0 aromatic carbocycles. The first kappa shape index (κ1) is 10.5. The zero-order chi connectivity index (χ0) is 9.97. The zero-order valence-corrected chi connectivity index (χ0v) is 9.54. The summed E-state index contributed by atoms with van der Waals surface area (Å²) in [6, 6.07) is 0.521. The Morgan fingerprint density at radius 3 is 2.43 bits per heavy atom. The first-order valence-corrected chi connectivity index (χ1v) is 6.55. The summed E-state index contributed by atoms with van der Waals surface area (Å²) in [4.78, 5) is 0. The van der Waals surface area contributed by atoms with Crippen LogP contribution >= 0.6 is 0 Å². The highest BCUT2D eigenvalue weighted by Crippen LogP contribution is 2.38. The van der Waals surface area contributed by atoms with E-state index in [1.165, 1.54) is 51.4 Å². The summed E-state index contributed by atoms with van der Waals surface area (Å²) >= 11 is 0. The van der Waals surface area contributed by atoms with Crippen LogP contribution in [0.3, 0.4) is 0 Å². The molecule has 0 aromatic rings. The molecule has 2 N–H and O–H groups in total. The molecule has 1 heteroatoms. The molecule has 0 spiro atoms. The minimum absolute atomic E-state index is 0.521. The van der Waals surface area contributed by atoms with Crippen molar-refractivity contribution in [3.8, 4) is 0 Å². The number of hydrogen-bond donors (Lipinski definition) is 1. The fourth-order valence-electron chi connectivity index (χ4n) is 2.94. The lowest BCUT2D eigenvalue weighted by molar-refractivity contribution is 0.377. The van der Waals surface area contributed by atoms with Crippen LogP contribution in [0.15, 0.2) is 0 Å². The molecule has 2 aliphatic rings. The molecule has 82 valence electrons. The molecule has 3 atom stereocenters. The fourth-order valence-corrected chi connectivity index (χ4v) is 2.94. The summed E-state index contributed by atoms with van der Waals surface area (Å²) in [7, 11) is 0. The van der Waals surface area contributed by atoms with Gasteiger partial charge in [-0.15, -0.1) is 0 Å². The first-order chi connectivity index (χ1) is 6.79. The molecule has 0 aromatic heterocycles. The maximum Gasteiger partial charge on any atom is 0.00673 e. The number of hydrogen-bond acceptors (Lipinski definition) is 1.